The van der Waals surface area contributed by atoms with E-state index in [1.807, 2.05) is 13.8 Å². The van der Waals surface area contributed by atoms with E-state index >= 15 is 0 Å². The largest absolute Gasteiger partial charge is 0.317 e. The first-order chi connectivity index (χ1) is 5.91. The second kappa shape index (κ2) is 4.80. The van der Waals surface area contributed by atoms with Crippen LogP contribution in [0.3, 0.4) is 0 Å². The van der Waals surface area contributed by atoms with E-state index in [0.29, 0.717) is 5.54 Å². The molecule has 0 unspecified atom stereocenters. The molecule has 2 fully saturated rings. The van der Waals surface area contributed by atoms with Gasteiger partial charge in [-0.1, -0.05) is 13.8 Å². The standard InChI is InChI=1S/C7H15N3.C2H6/c1-3-8-4-2-7(1)5-9-6-10-7;1-2/h8-10H,1-6H2;1-2H3. The van der Waals surface area contributed by atoms with Gasteiger partial charge in [0.2, 0.25) is 0 Å². The van der Waals surface area contributed by atoms with Crippen molar-refractivity contribution in [1.82, 2.24) is 16.0 Å². The van der Waals surface area contributed by atoms with Gasteiger partial charge in [-0.05, 0) is 25.9 Å². The zero-order valence-electron chi connectivity index (χ0n) is 8.24. The number of rotatable bonds is 0. The number of hydrogen-bond acceptors (Lipinski definition) is 3. The van der Waals surface area contributed by atoms with Crippen molar-refractivity contribution >= 4 is 0 Å². The van der Waals surface area contributed by atoms with Crippen LogP contribution in [0, 0.1) is 0 Å². The van der Waals surface area contributed by atoms with Gasteiger partial charge in [0.1, 0.15) is 0 Å². The van der Waals surface area contributed by atoms with Crippen molar-refractivity contribution in [3.63, 3.8) is 0 Å². The van der Waals surface area contributed by atoms with Gasteiger partial charge in [0.15, 0.2) is 0 Å². The Morgan fingerprint density at radius 2 is 1.67 bits per heavy atom. The molecule has 0 bridgehead atoms. The highest BCUT2D eigenvalue weighted by molar-refractivity contribution is 4.97. The molecule has 2 heterocycles. The van der Waals surface area contributed by atoms with Gasteiger partial charge in [0.05, 0.1) is 0 Å². The van der Waals surface area contributed by atoms with E-state index in [4.69, 9.17) is 0 Å². The highest BCUT2D eigenvalue weighted by Crippen LogP contribution is 2.18. The van der Waals surface area contributed by atoms with Crippen LogP contribution in [0.1, 0.15) is 26.7 Å². The van der Waals surface area contributed by atoms with Crippen molar-refractivity contribution in [2.45, 2.75) is 32.2 Å². The molecular formula is C9H21N3. The molecule has 0 aromatic rings. The van der Waals surface area contributed by atoms with E-state index in [1.165, 1.54) is 25.9 Å². The summed E-state index contributed by atoms with van der Waals surface area (Å²) in [5, 5.41) is 10.2. The summed E-state index contributed by atoms with van der Waals surface area (Å²) < 4.78 is 0. The van der Waals surface area contributed by atoms with E-state index in [0.717, 1.165) is 13.2 Å². The second-order valence-corrected chi connectivity index (χ2v) is 3.31. The smallest absolute Gasteiger partial charge is 0.0459 e. The van der Waals surface area contributed by atoms with Crippen molar-refractivity contribution in [2.75, 3.05) is 26.3 Å². The fraction of sp³-hybridized carbons (Fsp3) is 1.00. The third-order valence-corrected chi connectivity index (χ3v) is 2.61. The fourth-order valence-electron chi connectivity index (χ4n) is 1.87. The van der Waals surface area contributed by atoms with E-state index in [-0.39, 0.29) is 0 Å². The molecule has 12 heavy (non-hydrogen) atoms. The first-order valence-corrected chi connectivity index (χ1v) is 5.08. The Balaban J connectivity index is 0.000000336. The van der Waals surface area contributed by atoms with Gasteiger partial charge in [-0.3, -0.25) is 5.32 Å². The summed E-state index contributed by atoms with van der Waals surface area (Å²) >= 11 is 0. The lowest BCUT2D eigenvalue weighted by Gasteiger charge is -2.33. The molecule has 2 aliphatic heterocycles. The molecule has 2 rings (SSSR count). The lowest BCUT2D eigenvalue weighted by molar-refractivity contribution is 0.293. The maximum Gasteiger partial charge on any atom is 0.0459 e. The zero-order chi connectivity index (χ0) is 8.86. The Kier molecular flexibility index (Phi) is 3.98. The molecule has 0 radical (unpaired) electrons. The summed E-state index contributed by atoms with van der Waals surface area (Å²) in [7, 11) is 0. The maximum atomic E-state index is 3.52. The van der Waals surface area contributed by atoms with Crippen molar-refractivity contribution in [3.05, 3.63) is 0 Å². The Bertz CT molecular complexity index is 111. The minimum absolute atomic E-state index is 0.450. The Morgan fingerprint density at radius 1 is 1.00 bits per heavy atom. The fourth-order valence-corrected chi connectivity index (χ4v) is 1.87. The summed E-state index contributed by atoms with van der Waals surface area (Å²) in [4.78, 5) is 0. The monoisotopic (exact) mass is 171 g/mol. The second-order valence-electron chi connectivity index (χ2n) is 3.31. The zero-order valence-corrected chi connectivity index (χ0v) is 8.24. The molecule has 72 valence electrons. The van der Waals surface area contributed by atoms with E-state index in [1.54, 1.807) is 0 Å². The van der Waals surface area contributed by atoms with Crippen LogP contribution >= 0.6 is 0 Å². The van der Waals surface area contributed by atoms with Crippen molar-refractivity contribution < 1.29 is 0 Å². The number of piperidine rings is 1. The molecule has 2 aliphatic rings. The van der Waals surface area contributed by atoms with Gasteiger partial charge in [-0.15, -0.1) is 0 Å². The van der Waals surface area contributed by atoms with Gasteiger partial charge >= 0.3 is 0 Å². The topological polar surface area (TPSA) is 36.1 Å². The first-order valence-electron chi connectivity index (χ1n) is 5.08. The Morgan fingerprint density at radius 3 is 2.17 bits per heavy atom. The average molecular weight is 171 g/mol. The predicted octanol–water partition coefficient (Wildman–Crippen LogP) is 0.285. The quantitative estimate of drug-likeness (QED) is 0.490. The molecule has 0 aromatic heterocycles. The molecule has 0 aliphatic carbocycles. The van der Waals surface area contributed by atoms with Crippen LogP contribution in [0.25, 0.3) is 0 Å². The molecule has 0 amide bonds. The van der Waals surface area contributed by atoms with Gasteiger partial charge in [-0.25, -0.2) is 0 Å². The summed E-state index contributed by atoms with van der Waals surface area (Å²) in [5.41, 5.74) is 0.450. The van der Waals surface area contributed by atoms with Gasteiger partial charge in [-0.2, -0.15) is 0 Å². The van der Waals surface area contributed by atoms with Crippen LogP contribution in [-0.2, 0) is 0 Å². The molecule has 1 spiro atoms. The van der Waals surface area contributed by atoms with Crippen LogP contribution < -0.4 is 16.0 Å². The Hall–Kier alpha value is -0.120. The molecular weight excluding hydrogens is 150 g/mol. The van der Waals surface area contributed by atoms with Gasteiger partial charge in [0.25, 0.3) is 0 Å². The highest BCUT2D eigenvalue weighted by Gasteiger charge is 2.33. The minimum Gasteiger partial charge on any atom is -0.317 e. The van der Waals surface area contributed by atoms with Crippen molar-refractivity contribution in [3.8, 4) is 0 Å². The SMILES string of the molecule is C1CC2(CCN1)CNCN2.CC. The van der Waals surface area contributed by atoms with Crippen LogP contribution in [0.15, 0.2) is 0 Å². The summed E-state index contributed by atoms with van der Waals surface area (Å²) in [6, 6.07) is 0. The van der Waals surface area contributed by atoms with Crippen LogP contribution in [0.2, 0.25) is 0 Å². The third-order valence-electron chi connectivity index (χ3n) is 2.61. The number of hydrogen-bond donors (Lipinski definition) is 3. The highest BCUT2D eigenvalue weighted by atomic mass is 15.2. The van der Waals surface area contributed by atoms with Crippen LogP contribution in [-0.4, -0.2) is 31.8 Å². The molecule has 3 nitrogen and oxygen atoms in total. The van der Waals surface area contributed by atoms with E-state index < -0.39 is 0 Å². The average Bonchev–Trinajstić information content (AvgIpc) is 2.58. The summed E-state index contributed by atoms with van der Waals surface area (Å²) in [5.74, 6) is 0. The molecule has 0 aromatic carbocycles. The van der Waals surface area contributed by atoms with Gasteiger partial charge in [0, 0.05) is 18.8 Å². The molecule has 3 heteroatoms. The van der Waals surface area contributed by atoms with E-state index in [2.05, 4.69) is 16.0 Å². The van der Waals surface area contributed by atoms with Crippen molar-refractivity contribution in [2.24, 2.45) is 0 Å². The van der Waals surface area contributed by atoms with E-state index in [9.17, 15) is 0 Å². The first kappa shape index (κ1) is 9.96. The Labute approximate surface area is 75.3 Å². The normalized spacial score (nSPS) is 26.5. The molecule has 2 saturated heterocycles. The van der Waals surface area contributed by atoms with Crippen LogP contribution in [0.4, 0.5) is 0 Å². The van der Waals surface area contributed by atoms with Crippen LogP contribution in [0.5, 0.6) is 0 Å². The molecule has 0 saturated carbocycles. The van der Waals surface area contributed by atoms with Gasteiger partial charge < -0.3 is 10.6 Å². The summed E-state index contributed by atoms with van der Waals surface area (Å²) in [6.07, 6.45) is 2.56. The lowest BCUT2D eigenvalue weighted by Crippen LogP contribution is -2.50. The van der Waals surface area contributed by atoms with Crippen molar-refractivity contribution in [1.29, 1.82) is 0 Å². The maximum absolute atomic E-state index is 3.52. The molecule has 3 N–H and O–H groups in total. The third kappa shape index (κ3) is 2.19. The summed E-state index contributed by atoms with van der Waals surface area (Å²) in [6.45, 7) is 8.51. The minimum atomic E-state index is 0.450. The predicted molar refractivity (Wildman–Crippen MR) is 52.2 cm³/mol. The lowest BCUT2D eigenvalue weighted by atomic mass is 9.90. The number of nitrogens with one attached hydrogen (secondary N) is 3. The molecule has 0 atom stereocenters.